The molecule has 0 aliphatic heterocycles. The number of phenolic OH excluding ortho intramolecular Hbond substituents is 2. The van der Waals surface area contributed by atoms with Crippen LogP contribution in [0.2, 0.25) is 0 Å². The number of phenols is 2. The van der Waals surface area contributed by atoms with Crippen LogP contribution in [0.25, 0.3) is 0 Å². The molecule has 0 aromatic heterocycles. The van der Waals surface area contributed by atoms with Gasteiger partial charge in [-0.25, -0.2) is 0 Å². The van der Waals surface area contributed by atoms with Crippen LogP contribution in [0.1, 0.15) is 26.2 Å². The largest absolute Gasteiger partial charge is 0.508 e. The average molecular weight is 285 g/mol. The summed E-state index contributed by atoms with van der Waals surface area (Å²) in [5, 5.41) is 18.8. The second-order valence-corrected chi connectivity index (χ2v) is 4.87. The van der Waals surface area contributed by atoms with E-state index in [4.69, 9.17) is 0 Å². The highest BCUT2D eigenvalue weighted by Gasteiger charge is 2.17. The van der Waals surface area contributed by atoms with E-state index in [2.05, 4.69) is 0 Å². The van der Waals surface area contributed by atoms with Crippen LogP contribution in [0.3, 0.4) is 0 Å². The number of benzene rings is 2. The highest BCUT2D eigenvalue weighted by atomic mass is 16.3. The van der Waals surface area contributed by atoms with Crippen molar-refractivity contribution < 1.29 is 15.0 Å². The van der Waals surface area contributed by atoms with E-state index in [0.717, 1.165) is 12.8 Å². The summed E-state index contributed by atoms with van der Waals surface area (Å²) >= 11 is 0. The van der Waals surface area contributed by atoms with Gasteiger partial charge < -0.3 is 10.2 Å². The Hall–Kier alpha value is -2.49. The van der Waals surface area contributed by atoms with E-state index in [1.807, 2.05) is 6.92 Å². The Bertz CT molecular complexity index is 545. The molecule has 4 heteroatoms. The maximum Gasteiger partial charge on any atom is 0.231 e. The number of hydrogen-bond donors (Lipinski definition) is 2. The maximum absolute atomic E-state index is 12.5. The van der Waals surface area contributed by atoms with E-state index in [1.54, 1.807) is 53.4 Å². The number of unbranched alkanes of at least 4 members (excludes halogenated alkanes) is 1. The fraction of sp³-hybridized carbons (Fsp3) is 0.235. The van der Waals surface area contributed by atoms with Crippen molar-refractivity contribution in [2.75, 3.05) is 4.90 Å². The molecule has 0 radical (unpaired) electrons. The first-order valence-electron chi connectivity index (χ1n) is 7.03. The van der Waals surface area contributed by atoms with E-state index >= 15 is 0 Å². The van der Waals surface area contributed by atoms with Gasteiger partial charge in [-0.2, -0.15) is 0 Å². The maximum atomic E-state index is 12.5. The van der Waals surface area contributed by atoms with Crippen molar-refractivity contribution in [3.05, 3.63) is 48.5 Å². The van der Waals surface area contributed by atoms with E-state index in [1.165, 1.54) is 0 Å². The molecule has 2 N–H and O–H groups in total. The molecule has 2 aromatic rings. The summed E-state index contributed by atoms with van der Waals surface area (Å²) in [7, 11) is 0. The highest BCUT2D eigenvalue weighted by molar-refractivity contribution is 6.00. The fourth-order valence-electron chi connectivity index (χ4n) is 2.08. The van der Waals surface area contributed by atoms with Crippen molar-refractivity contribution in [3.8, 4) is 11.5 Å². The lowest BCUT2D eigenvalue weighted by molar-refractivity contribution is -0.118. The van der Waals surface area contributed by atoms with Crippen molar-refractivity contribution in [1.82, 2.24) is 0 Å². The molecule has 0 bridgehead atoms. The van der Waals surface area contributed by atoms with Gasteiger partial charge in [-0.1, -0.05) is 13.3 Å². The molecule has 0 aliphatic rings. The third kappa shape index (κ3) is 3.75. The minimum absolute atomic E-state index is 0.00627. The highest BCUT2D eigenvalue weighted by Crippen LogP contribution is 2.29. The molecule has 0 heterocycles. The van der Waals surface area contributed by atoms with E-state index in [0.29, 0.717) is 17.8 Å². The van der Waals surface area contributed by atoms with Crippen molar-refractivity contribution in [2.24, 2.45) is 0 Å². The summed E-state index contributed by atoms with van der Waals surface area (Å²) < 4.78 is 0. The molecule has 0 fully saturated rings. The molecule has 1 amide bonds. The zero-order chi connectivity index (χ0) is 15.2. The molecule has 0 saturated heterocycles. The number of rotatable bonds is 5. The molecular weight excluding hydrogens is 266 g/mol. The number of carbonyl (C=O) groups is 1. The van der Waals surface area contributed by atoms with Gasteiger partial charge >= 0.3 is 0 Å². The minimum Gasteiger partial charge on any atom is -0.508 e. The smallest absolute Gasteiger partial charge is 0.231 e. The second kappa shape index (κ2) is 6.79. The molecule has 0 atom stereocenters. The van der Waals surface area contributed by atoms with Gasteiger partial charge in [-0.05, 0) is 55.0 Å². The van der Waals surface area contributed by atoms with Crippen LogP contribution < -0.4 is 4.90 Å². The van der Waals surface area contributed by atoms with E-state index in [-0.39, 0.29) is 17.4 Å². The van der Waals surface area contributed by atoms with Gasteiger partial charge in [0.15, 0.2) is 0 Å². The molecule has 21 heavy (non-hydrogen) atoms. The van der Waals surface area contributed by atoms with Gasteiger partial charge in [0.25, 0.3) is 0 Å². The van der Waals surface area contributed by atoms with E-state index in [9.17, 15) is 15.0 Å². The van der Waals surface area contributed by atoms with Crippen molar-refractivity contribution in [2.45, 2.75) is 26.2 Å². The Morgan fingerprint density at radius 1 is 0.905 bits per heavy atom. The van der Waals surface area contributed by atoms with Gasteiger partial charge in [0.2, 0.25) is 5.91 Å². The van der Waals surface area contributed by atoms with Gasteiger partial charge in [0.05, 0.1) is 0 Å². The third-order valence-corrected chi connectivity index (χ3v) is 3.21. The molecule has 0 aliphatic carbocycles. The van der Waals surface area contributed by atoms with Gasteiger partial charge in [-0.3, -0.25) is 9.69 Å². The minimum atomic E-state index is -0.00627. The Balaban J connectivity index is 2.36. The summed E-state index contributed by atoms with van der Waals surface area (Å²) in [5.41, 5.74) is 1.39. The molecule has 0 unspecified atom stereocenters. The normalized spacial score (nSPS) is 10.3. The third-order valence-electron chi connectivity index (χ3n) is 3.21. The standard InChI is InChI=1S/C17H19NO3/c1-2-3-4-17(21)18(13-5-9-15(19)10-6-13)14-7-11-16(20)12-8-14/h5-12,19-20H,2-4H2,1H3. The van der Waals surface area contributed by atoms with Crippen LogP contribution in [-0.2, 0) is 4.79 Å². The number of carbonyl (C=O) groups excluding carboxylic acids is 1. The Morgan fingerprint density at radius 3 is 1.71 bits per heavy atom. The molecule has 2 aromatic carbocycles. The Labute approximate surface area is 124 Å². The fourth-order valence-corrected chi connectivity index (χ4v) is 2.08. The lowest BCUT2D eigenvalue weighted by Crippen LogP contribution is -2.25. The zero-order valence-corrected chi connectivity index (χ0v) is 12.0. The van der Waals surface area contributed by atoms with Gasteiger partial charge in [0.1, 0.15) is 11.5 Å². The molecule has 4 nitrogen and oxygen atoms in total. The molecule has 0 spiro atoms. The van der Waals surface area contributed by atoms with Crippen LogP contribution in [0.5, 0.6) is 11.5 Å². The van der Waals surface area contributed by atoms with Crippen LogP contribution in [0.15, 0.2) is 48.5 Å². The monoisotopic (exact) mass is 285 g/mol. The first-order valence-corrected chi connectivity index (χ1v) is 7.03. The summed E-state index contributed by atoms with van der Waals surface area (Å²) in [4.78, 5) is 14.1. The Kier molecular flexibility index (Phi) is 4.82. The molecule has 0 saturated carbocycles. The number of hydrogen-bond acceptors (Lipinski definition) is 3. The van der Waals surface area contributed by atoms with Crippen molar-refractivity contribution in [3.63, 3.8) is 0 Å². The first kappa shape index (κ1) is 14.9. The zero-order valence-electron chi connectivity index (χ0n) is 12.0. The summed E-state index contributed by atoms with van der Waals surface area (Å²) in [6.45, 7) is 2.04. The SMILES string of the molecule is CCCCC(=O)N(c1ccc(O)cc1)c1ccc(O)cc1. The number of amides is 1. The summed E-state index contributed by atoms with van der Waals surface area (Å²) in [5.74, 6) is 0.309. The molecular formula is C17H19NO3. The first-order chi connectivity index (χ1) is 10.1. The predicted octanol–water partition coefficient (Wildman–Crippen LogP) is 3.95. The van der Waals surface area contributed by atoms with Crippen LogP contribution in [0, 0.1) is 0 Å². The molecule has 110 valence electrons. The second-order valence-electron chi connectivity index (χ2n) is 4.87. The quantitative estimate of drug-likeness (QED) is 0.874. The topological polar surface area (TPSA) is 60.8 Å². The number of aromatic hydroxyl groups is 2. The van der Waals surface area contributed by atoms with Crippen LogP contribution in [0.4, 0.5) is 11.4 Å². The van der Waals surface area contributed by atoms with Crippen molar-refractivity contribution >= 4 is 17.3 Å². The number of anilines is 2. The summed E-state index contributed by atoms with van der Waals surface area (Å²) in [6.07, 6.45) is 2.23. The lowest BCUT2D eigenvalue weighted by Gasteiger charge is -2.23. The Morgan fingerprint density at radius 2 is 1.33 bits per heavy atom. The van der Waals surface area contributed by atoms with Gasteiger partial charge in [-0.15, -0.1) is 0 Å². The van der Waals surface area contributed by atoms with Crippen LogP contribution in [-0.4, -0.2) is 16.1 Å². The van der Waals surface area contributed by atoms with Crippen LogP contribution >= 0.6 is 0 Å². The lowest BCUT2D eigenvalue weighted by atomic mass is 10.1. The predicted molar refractivity (Wildman–Crippen MR) is 82.9 cm³/mol. The average Bonchev–Trinajstić information content (AvgIpc) is 2.49. The molecule has 2 rings (SSSR count). The van der Waals surface area contributed by atoms with Gasteiger partial charge in [0, 0.05) is 17.8 Å². The number of nitrogens with zero attached hydrogens (tertiary/aromatic N) is 1. The summed E-state index contributed by atoms with van der Waals surface area (Å²) in [6, 6.07) is 13.0. The van der Waals surface area contributed by atoms with E-state index < -0.39 is 0 Å². The van der Waals surface area contributed by atoms with Crippen molar-refractivity contribution in [1.29, 1.82) is 0 Å².